The molecule has 0 atom stereocenters. The number of halogens is 1. The molecular formula is C20H26FN3O3. The van der Waals surface area contributed by atoms with Gasteiger partial charge in [-0.25, -0.2) is 4.39 Å². The number of methoxy groups -OCH3 is 1. The van der Waals surface area contributed by atoms with E-state index in [0.29, 0.717) is 18.7 Å². The summed E-state index contributed by atoms with van der Waals surface area (Å²) in [6.45, 7) is 4.78. The van der Waals surface area contributed by atoms with Crippen LogP contribution in [0.3, 0.4) is 0 Å². The molecule has 146 valence electrons. The fourth-order valence-corrected chi connectivity index (χ4v) is 2.96. The molecule has 6 nitrogen and oxygen atoms in total. The molecule has 1 N–H and O–H groups in total. The van der Waals surface area contributed by atoms with E-state index in [2.05, 4.69) is 5.32 Å². The summed E-state index contributed by atoms with van der Waals surface area (Å²) in [7, 11) is 3.21. The second-order valence-corrected chi connectivity index (χ2v) is 6.45. The van der Waals surface area contributed by atoms with Crippen molar-refractivity contribution in [3.8, 4) is 5.69 Å². The first-order chi connectivity index (χ1) is 12.8. The van der Waals surface area contributed by atoms with Crippen molar-refractivity contribution >= 4 is 11.8 Å². The maximum atomic E-state index is 13.2. The Hall–Kier alpha value is -2.67. The third-order valence-corrected chi connectivity index (χ3v) is 4.32. The highest BCUT2D eigenvalue weighted by Gasteiger charge is 2.21. The first-order valence-corrected chi connectivity index (χ1v) is 8.81. The first-order valence-electron chi connectivity index (χ1n) is 8.81. The van der Waals surface area contributed by atoms with E-state index in [1.54, 1.807) is 32.4 Å². The summed E-state index contributed by atoms with van der Waals surface area (Å²) < 4.78 is 20.0. The summed E-state index contributed by atoms with van der Waals surface area (Å²) in [6.07, 6.45) is 0.721. The summed E-state index contributed by atoms with van der Waals surface area (Å²) in [4.78, 5) is 26.1. The minimum atomic E-state index is -0.311. The van der Waals surface area contributed by atoms with Crippen LogP contribution in [0.4, 0.5) is 4.39 Å². The van der Waals surface area contributed by atoms with E-state index in [1.165, 1.54) is 17.0 Å². The van der Waals surface area contributed by atoms with Gasteiger partial charge in [0.1, 0.15) is 5.82 Å². The number of hydrogen-bond donors (Lipinski definition) is 1. The quantitative estimate of drug-likeness (QED) is 0.721. The van der Waals surface area contributed by atoms with Crippen LogP contribution in [0, 0.1) is 19.7 Å². The van der Waals surface area contributed by atoms with E-state index in [0.717, 1.165) is 23.5 Å². The number of amides is 2. The zero-order valence-electron chi connectivity index (χ0n) is 16.2. The molecular weight excluding hydrogens is 349 g/mol. The minimum absolute atomic E-state index is 0.0218. The van der Waals surface area contributed by atoms with E-state index in [9.17, 15) is 14.0 Å². The van der Waals surface area contributed by atoms with Crippen molar-refractivity contribution in [2.24, 2.45) is 0 Å². The van der Waals surface area contributed by atoms with Gasteiger partial charge in [0.25, 0.3) is 5.91 Å². The number of aromatic nitrogens is 1. The predicted molar refractivity (Wildman–Crippen MR) is 102 cm³/mol. The topological polar surface area (TPSA) is 63.6 Å². The largest absolute Gasteiger partial charge is 0.385 e. The van der Waals surface area contributed by atoms with Crippen LogP contribution >= 0.6 is 0 Å². The van der Waals surface area contributed by atoms with Crippen LogP contribution in [0.25, 0.3) is 5.69 Å². The average molecular weight is 375 g/mol. The van der Waals surface area contributed by atoms with Gasteiger partial charge in [-0.1, -0.05) is 0 Å². The van der Waals surface area contributed by atoms with Gasteiger partial charge in [-0.3, -0.25) is 9.59 Å². The second kappa shape index (κ2) is 9.32. The number of hydrogen-bond acceptors (Lipinski definition) is 3. The Labute approximate surface area is 158 Å². The SMILES string of the molecule is COCCCNC(=O)CN(C)C(=O)c1cc(C)n(-c2ccc(F)cc2)c1C. The molecule has 0 aliphatic heterocycles. The van der Waals surface area contributed by atoms with E-state index in [4.69, 9.17) is 4.74 Å². The number of carbonyl (C=O) groups excluding carboxylic acids is 2. The lowest BCUT2D eigenvalue weighted by molar-refractivity contribution is -0.121. The fourth-order valence-electron chi connectivity index (χ4n) is 2.96. The maximum absolute atomic E-state index is 13.2. The lowest BCUT2D eigenvalue weighted by atomic mass is 10.2. The fraction of sp³-hybridized carbons (Fsp3) is 0.400. The Morgan fingerprint density at radius 1 is 1.22 bits per heavy atom. The summed E-state index contributed by atoms with van der Waals surface area (Å²) in [5, 5.41) is 2.76. The van der Waals surface area contributed by atoms with Gasteiger partial charge in [-0.05, 0) is 50.6 Å². The van der Waals surface area contributed by atoms with Crippen molar-refractivity contribution in [2.45, 2.75) is 20.3 Å². The molecule has 27 heavy (non-hydrogen) atoms. The van der Waals surface area contributed by atoms with Gasteiger partial charge in [0, 0.05) is 44.4 Å². The number of likely N-dealkylation sites (N-methyl/N-ethyl adjacent to an activating group) is 1. The van der Waals surface area contributed by atoms with Gasteiger partial charge in [0.2, 0.25) is 5.91 Å². The molecule has 0 unspecified atom stereocenters. The van der Waals surface area contributed by atoms with Gasteiger partial charge in [-0.15, -0.1) is 0 Å². The molecule has 1 aromatic heterocycles. The van der Waals surface area contributed by atoms with Crippen LogP contribution in [0.15, 0.2) is 30.3 Å². The Kier molecular flexibility index (Phi) is 7.12. The molecule has 2 amide bonds. The van der Waals surface area contributed by atoms with E-state index in [1.807, 2.05) is 18.4 Å². The van der Waals surface area contributed by atoms with Crippen molar-refractivity contribution in [3.05, 3.63) is 53.1 Å². The minimum Gasteiger partial charge on any atom is -0.385 e. The molecule has 0 fully saturated rings. The Morgan fingerprint density at radius 3 is 2.52 bits per heavy atom. The van der Waals surface area contributed by atoms with Gasteiger partial charge >= 0.3 is 0 Å². The molecule has 0 aliphatic carbocycles. The number of aryl methyl sites for hydroxylation is 1. The highest BCUT2D eigenvalue weighted by Crippen LogP contribution is 2.22. The molecule has 0 spiro atoms. The number of ether oxygens (including phenoxy) is 1. The predicted octanol–water partition coefficient (Wildman–Crippen LogP) is 2.46. The van der Waals surface area contributed by atoms with Crippen molar-refractivity contribution < 1.29 is 18.7 Å². The van der Waals surface area contributed by atoms with Crippen LogP contribution < -0.4 is 5.32 Å². The lowest BCUT2D eigenvalue weighted by Crippen LogP contribution is -2.39. The van der Waals surface area contributed by atoms with Crippen LogP contribution in [0.1, 0.15) is 28.2 Å². The van der Waals surface area contributed by atoms with Gasteiger partial charge in [0.05, 0.1) is 12.1 Å². The second-order valence-electron chi connectivity index (χ2n) is 6.45. The molecule has 7 heteroatoms. The summed E-state index contributed by atoms with van der Waals surface area (Å²) in [5.41, 5.74) is 2.91. The number of nitrogens with zero attached hydrogens (tertiary/aromatic N) is 2. The summed E-state index contributed by atoms with van der Waals surface area (Å²) in [6, 6.07) is 7.89. The van der Waals surface area contributed by atoms with E-state index in [-0.39, 0.29) is 24.2 Å². The molecule has 0 saturated carbocycles. The summed E-state index contributed by atoms with van der Waals surface area (Å²) in [5.74, 6) is -0.758. The summed E-state index contributed by atoms with van der Waals surface area (Å²) >= 11 is 0. The van der Waals surface area contributed by atoms with Crippen LogP contribution in [-0.2, 0) is 9.53 Å². The first kappa shape index (κ1) is 20.6. The lowest BCUT2D eigenvalue weighted by Gasteiger charge is -2.17. The monoisotopic (exact) mass is 375 g/mol. The highest BCUT2D eigenvalue weighted by atomic mass is 19.1. The highest BCUT2D eigenvalue weighted by molar-refractivity contribution is 5.97. The van der Waals surface area contributed by atoms with E-state index >= 15 is 0 Å². The molecule has 0 saturated heterocycles. The smallest absolute Gasteiger partial charge is 0.255 e. The van der Waals surface area contributed by atoms with Crippen LogP contribution in [-0.4, -0.2) is 55.1 Å². The van der Waals surface area contributed by atoms with Crippen molar-refractivity contribution in [1.82, 2.24) is 14.8 Å². The molecule has 2 aromatic rings. The molecule has 0 bridgehead atoms. The molecule has 0 aliphatic rings. The van der Waals surface area contributed by atoms with Crippen molar-refractivity contribution in [1.29, 1.82) is 0 Å². The molecule has 1 heterocycles. The average Bonchev–Trinajstić information content (AvgIpc) is 2.93. The van der Waals surface area contributed by atoms with Gasteiger partial charge in [0.15, 0.2) is 0 Å². The third-order valence-electron chi connectivity index (χ3n) is 4.32. The molecule has 0 radical (unpaired) electrons. The number of benzene rings is 1. The van der Waals surface area contributed by atoms with Crippen LogP contribution in [0.2, 0.25) is 0 Å². The Balaban J connectivity index is 2.09. The Bertz CT molecular complexity index is 800. The van der Waals surface area contributed by atoms with Gasteiger partial charge in [-0.2, -0.15) is 0 Å². The zero-order chi connectivity index (χ0) is 20.0. The standard InChI is InChI=1S/C20H26FN3O3/c1-14-12-18(15(2)24(14)17-8-6-16(21)7-9-17)20(26)23(3)13-19(25)22-10-5-11-27-4/h6-9,12H,5,10-11,13H2,1-4H3,(H,22,25). The number of carbonyl (C=O) groups is 2. The van der Waals surface area contributed by atoms with Gasteiger partial charge < -0.3 is 19.5 Å². The molecule has 2 rings (SSSR count). The third kappa shape index (κ3) is 5.17. The zero-order valence-corrected chi connectivity index (χ0v) is 16.2. The van der Waals surface area contributed by atoms with Crippen molar-refractivity contribution in [3.63, 3.8) is 0 Å². The number of rotatable bonds is 8. The normalized spacial score (nSPS) is 10.7. The van der Waals surface area contributed by atoms with E-state index < -0.39 is 0 Å². The van der Waals surface area contributed by atoms with Crippen molar-refractivity contribution in [2.75, 3.05) is 33.9 Å². The van der Waals surface area contributed by atoms with Crippen LogP contribution in [0.5, 0.6) is 0 Å². The Morgan fingerprint density at radius 2 is 1.89 bits per heavy atom. The number of nitrogens with one attached hydrogen (secondary N) is 1. The molecule has 1 aromatic carbocycles. The maximum Gasteiger partial charge on any atom is 0.255 e.